The molecule has 3 N–H and O–H groups in total. The number of aliphatic hydroxyl groups is 1. The van der Waals surface area contributed by atoms with Gasteiger partial charge in [0.25, 0.3) is 0 Å². The summed E-state index contributed by atoms with van der Waals surface area (Å²) in [6.45, 7) is 13.8. The van der Waals surface area contributed by atoms with Crippen LogP contribution in [0.25, 0.3) is 0 Å². The highest BCUT2D eigenvalue weighted by atomic mass is 16.5. The molecule has 0 spiro atoms. The monoisotopic (exact) mass is 392 g/mol. The van der Waals surface area contributed by atoms with E-state index in [1.807, 2.05) is 37.3 Å². The Balaban J connectivity index is 2.32. The normalized spacial score (nSPS) is 14.1. The minimum absolute atomic E-state index is 0.275. The van der Waals surface area contributed by atoms with Gasteiger partial charge < -0.3 is 25.4 Å². The fourth-order valence-electron chi connectivity index (χ4n) is 2.92. The fourth-order valence-corrected chi connectivity index (χ4v) is 2.92. The number of nitrogens with one attached hydrogen (secondary N) is 2. The molecule has 6 heteroatoms. The molecule has 0 heterocycles. The predicted octanol–water partition coefficient (Wildman–Crippen LogP) is 2.63. The van der Waals surface area contributed by atoms with Crippen molar-refractivity contribution in [1.82, 2.24) is 15.5 Å². The standard InChI is InChI=1S/C22H40N4O2/c1-5-23-22(25-19(4)12-11-15-26(6-2)7-3)24-16-21(27)18-28-17-20-13-9-8-10-14-20/h8-10,13-14,19,21,27H,5-7,11-12,15-18H2,1-4H3,(H2,23,24,25). The van der Waals surface area contributed by atoms with Gasteiger partial charge in [-0.3, -0.25) is 4.99 Å². The lowest BCUT2D eigenvalue weighted by atomic mass is 10.2. The zero-order chi connectivity index (χ0) is 20.6. The van der Waals surface area contributed by atoms with E-state index in [0.29, 0.717) is 19.2 Å². The van der Waals surface area contributed by atoms with Crippen LogP contribution in [0.5, 0.6) is 0 Å². The van der Waals surface area contributed by atoms with E-state index < -0.39 is 6.10 Å². The van der Waals surface area contributed by atoms with Crippen molar-refractivity contribution in [2.24, 2.45) is 4.99 Å². The number of hydrogen-bond donors (Lipinski definition) is 3. The van der Waals surface area contributed by atoms with E-state index in [-0.39, 0.29) is 6.61 Å². The van der Waals surface area contributed by atoms with Gasteiger partial charge in [0.1, 0.15) is 0 Å². The minimum Gasteiger partial charge on any atom is -0.389 e. The minimum atomic E-state index is -0.614. The Bertz CT molecular complexity index is 521. The van der Waals surface area contributed by atoms with Crippen molar-refractivity contribution in [3.8, 4) is 0 Å². The van der Waals surface area contributed by atoms with Crippen LogP contribution in [0.2, 0.25) is 0 Å². The van der Waals surface area contributed by atoms with Crippen LogP contribution in [0.1, 0.15) is 46.1 Å². The van der Waals surface area contributed by atoms with Gasteiger partial charge in [-0.2, -0.15) is 0 Å². The van der Waals surface area contributed by atoms with Crippen LogP contribution in [0, 0.1) is 0 Å². The van der Waals surface area contributed by atoms with Crippen molar-refractivity contribution in [3.63, 3.8) is 0 Å². The first kappa shape index (κ1) is 24.4. The van der Waals surface area contributed by atoms with Gasteiger partial charge in [0.2, 0.25) is 0 Å². The average molecular weight is 393 g/mol. The molecule has 0 bridgehead atoms. The fraction of sp³-hybridized carbons (Fsp3) is 0.682. The number of benzene rings is 1. The van der Waals surface area contributed by atoms with Gasteiger partial charge in [0.15, 0.2) is 5.96 Å². The summed E-state index contributed by atoms with van der Waals surface area (Å²) >= 11 is 0. The molecule has 0 saturated heterocycles. The number of ether oxygens (including phenoxy) is 1. The van der Waals surface area contributed by atoms with Gasteiger partial charge >= 0.3 is 0 Å². The van der Waals surface area contributed by atoms with Crippen LogP contribution in [0.15, 0.2) is 35.3 Å². The third kappa shape index (κ3) is 11.3. The van der Waals surface area contributed by atoms with Crippen molar-refractivity contribution >= 4 is 5.96 Å². The summed E-state index contributed by atoms with van der Waals surface area (Å²) in [6, 6.07) is 10.3. The van der Waals surface area contributed by atoms with E-state index in [4.69, 9.17) is 4.74 Å². The van der Waals surface area contributed by atoms with Crippen LogP contribution in [-0.4, -0.2) is 67.4 Å². The second-order valence-corrected chi connectivity index (χ2v) is 7.09. The van der Waals surface area contributed by atoms with Gasteiger partial charge in [-0.25, -0.2) is 0 Å². The summed E-state index contributed by atoms with van der Waals surface area (Å²) in [5, 5.41) is 16.8. The molecule has 2 unspecified atom stereocenters. The summed E-state index contributed by atoms with van der Waals surface area (Å²) in [5.74, 6) is 0.750. The van der Waals surface area contributed by atoms with Crippen LogP contribution < -0.4 is 10.6 Å². The van der Waals surface area contributed by atoms with E-state index in [1.165, 1.54) is 0 Å². The molecule has 28 heavy (non-hydrogen) atoms. The van der Waals surface area contributed by atoms with Crippen molar-refractivity contribution in [2.45, 2.75) is 59.3 Å². The number of aliphatic imine (C=N–C) groups is 1. The number of aliphatic hydroxyl groups excluding tert-OH is 1. The molecule has 0 aliphatic rings. The largest absolute Gasteiger partial charge is 0.389 e. The van der Waals surface area contributed by atoms with Crippen molar-refractivity contribution in [3.05, 3.63) is 35.9 Å². The Morgan fingerprint density at radius 2 is 1.89 bits per heavy atom. The third-order valence-corrected chi connectivity index (χ3v) is 4.62. The highest BCUT2D eigenvalue weighted by Crippen LogP contribution is 2.02. The van der Waals surface area contributed by atoms with Gasteiger partial charge in [-0.05, 0) is 51.9 Å². The van der Waals surface area contributed by atoms with Gasteiger partial charge in [-0.15, -0.1) is 0 Å². The Kier molecular flexibility index (Phi) is 13.3. The molecule has 1 aromatic rings. The summed E-state index contributed by atoms with van der Waals surface area (Å²) in [7, 11) is 0. The molecule has 6 nitrogen and oxygen atoms in total. The Morgan fingerprint density at radius 3 is 2.54 bits per heavy atom. The SMILES string of the molecule is CCNC(=NCC(O)COCc1ccccc1)NC(C)CCCN(CC)CC. The molecule has 1 aromatic carbocycles. The molecule has 2 atom stereocenters. The smallest absolute Gasteiger partial charge is 0.191 e. The third-order valence-electron chi connectivity index (χ3n) is 4.62. The quantitative estimate of drug-likeness (QED) is 0.335. The van der Waals surface area contributed by atoms with E-state index in [0.717, 1.165) is 50.5 Å². The summed E-state index contributed by atoms with van der Waals surface area (Å²) in [6.07, 6.45) is 1.63. The first-order valence-electron chi connectivity index (χ1n) is 10.7. The van der Waals surface area contributed by atoms with Crippen LogP contribution in [-0.2, 0) is 11.3 Å². The molecule has 0 aliphatic heterocycles. The lowest BCUT2D eigenvalue weighted by Gasteiger charge is -2.21. The maximum absolute atomic E-state index is 10.1. The summed E-state index contributed by atoms with van der Waals surface area (Å²) in [4.78, 5) is 6.95. The van der Waals surface area contributed by atoms with Crippen molar-refractivity contribution < 1.29 is 9.84 Å². The zero-order valence-corrected chi connectivity index (χ0v) is 18.2. The maximum Gasteiger partial charge on any atom is 0.191 e. The average Bonchev–Trinajstić information content (AvgIpc) is 2.70. The van der Waals surface area contributed by atoms with E-state index in [9.17, 15) is 5.11 Å². The molecule has 0 radical (unpaired) electrons. The van der Waals surface area contributed by atoms with Gasteiger partial charge in [-0.1, -0.05) is 44.2 Å². The summed E-state index contributed by atoms with van der Waals surface area (Å²) < 4.78 is 5.59. The van der Waals surface area contributed by atoms with Gasteiger partial charge in [0, 0.05) is 12.6 Å². The summed E-state index contributed by atoms with van der Waals surface area (Å²) in [5.41, 5.74) is 1.10. The number of guanidine groups is 1. The van der Waals surface area contributed by atoms with Crippen LogP contribution in [0.4, 0.5) is 0 Å². The van der Waals surface area contributed by atoms with Crippen molar-refractivity contribution in [2.75, 3.05) is 39.3 Å². The first-order valence-corrected chi connectivity index (χ1v) is 10.7. The Labute approximate surface area is 171 Å². The molecule has 0 aliphatic carbocycles. The Hall–Kier alpha value is -1.63. The first-order chi connectivity index (χ1) is 13.6. The van der Waals surface area contributed by atoms with Crippen LogP contribution in [0.3, 0.4) is 0 Å². The van der Waals surface area contributed by atoms with Crippen LogP contribution >= 0.6 is 0 Å². The molecular formula is C22H40N4O2. The van der Waals surface area contributed by atoms with E-state index in [1.54, 1.807) is 0 Å². The second-order valence-electron chi connectivity index (χ2n) is 7.09. The molecule has 160 valence electrons. The zero-order valence-electron chi connectivity index (χ0n) is 18.2. The Morgan fingerprint density at radius 1 is 1.18 bits per heavy atom. The molecule has 1 rings (SSSR count). The van der Waals surface area contributed by atoms with E-state index >= 15 is 0 Å². The molecular weight excluding hydrogens is 352 g/mol. The molecule has 0 aromatic heterocycles. The number of rotatable bonds is 14. The number of nitrogens with zero attached hydrogens (tertiary/aromatic N) is 2. The highest BCUT2D eigenvalue weighted by molar-refractivity contribution is 5.80. The topological polar surface area (TPSA) is 69.1 Å². The molecule has 0 saturated carbocycles. The molecule has 0 amide bonds. The molecule has 0 fully saturated rings. The van der Waals surface area contributed by atoms with E-state index in [2.05, 4.69) is 41.3 Å². The highest BCUT2D eigenvalue weighted by Gasteiger charge is 2.08. The van der Waals surface area contributed by atoms with Crippen molar-refractivity contribution in [1.29, 1.82) is 0 Å². The lowest BCUT2D eigenvalue weighted by Crippen LogP contribution is -2.43. The maximum atomic E-state index is 10.1. The predicted molar refractivity (Wildman–Crippen MR) is 118 cm³/mol. The second kappa shape index (κ2) is 15.3. The van der Waals surface area contributed by atoms with Gasteiger partial charge in [0.05, 0.1) is 25.9 Å². The number of hydrogen-bond acceptors (Lipinski definition) is 4. The lowest BCUT2D eigenvalue weighted by molar-refractivity contribution is 0.0331.